The highest BCUT2D eigenvalue weighted by Gasteiger charge is 2.15. The first-order valence-corrected chi connectivity index (χ1v) is 6.04. The zero-order chi connectivity index (χ0) is 12.4. The van der Waals surface area contributed by atoms with Crippen LogP contribution in [0.5, 0.6) is 0 Å². The Labute approximate surface area is 106 Å². The summed E-state index contributed by atoms with van der Waals surface area (Å²) in [5, 5.41) is 2.02. The molecule has 1 heterocycles. The summed E-state index contributed by atoms with van der Waals surface area (Å²) in [5.41, 5.74) is 0.0412. The molecule has 1 aromatic carbocycles. The topological polar surface area (TPSA) is 17.1 Å². The van der Waals surface area contributed by atoms with Gasteiger partial charge in [-0.25, -0.2) is 8.78 Å². The maximum Gasteiger partial charge on any atom is 0.178 e. The molecule has 17 heavy (non-hydrogen) atoms. The van der Waals surface area contributed by atoms with Gasteiger partial charge in [-0.2, -0.15) is 0 Å². The first-order valence-electron chi connectivity index (χ1n) is 4.78. The molecule has 1 nitrogen and oxygen atoms in total. The van der Waals surface area contributed by atoms with E-state index in [0.717, 1.165) is 18.2 Å². The number of rotatable bonds is 3. The zero-order valence-corrected chi connectivity index (χ0v) is 10.1. The van der Waals surface area contributed by atoms with Crippen molar-refractivity contribution in [1.29, 1.82) is 0 Å². The van der Waals surface area contributed by atoms with E-state index >= 15 is 0 Å². The molecule has 5 heteroatoms. The van der Waals surface area contributed by atoms with Gasteiger partial charge < -0.3 is 0 Å². The first kappa shape index (κ1) is 12.2. The van der Waals surface area contributed by atoms with Crippen LogP contribution >= 0.6 is 22.9 Å². The van der Waals surface area contributed by atoms with Crippen molar-refractivity contribution < 1.29 is 13.6 Å². The number of Topliss-reactive ketones (excluding diaryl/α,β-unsaturated/α-hetero) is 1. The third-order valence-electron chi connectivity index (χ3n) is 2.23. The molecular formula is C12H7ClF2OS. The summed E-state index contributed by atoms with van der Waals surface area (Å²) >= 11 is 6.98. The number of thiophene rings is 1. The molecule has 0 radical (unpaired) electrons. The van der Waals surface area contributed by atoms with E-state index in [4.69, 9.17) is 11.6 Å². The van der Waals surface area contributed by atoms with Gasteiger partial charge in [0.05, 0.1) is 9.90 Å². The van der Waals surface area contributed by atoms with Gasteiger partial charge in [0.2, 0.25) is 0 Å². The van der Waals surface area contributed by atoms with E-state index in [1.807, 2.05) is 0 Å². The Morgan fingerprint density at radius 3 is 2.71 bits per heavy atom. The normalized spacial score (nSPS) is 10.5. The van der Waals surface area contributed by atoms with Gasteiger partial charge in [-0.3, -0.25) is 4.79 Å². The molecule has 2 rings (SSSR count). The van der Waals surface area contributed by atoms with E-state index in [1.54, 1.807) is 11.4 Å². The minimum absolute atomic E-state index is 0.0412. The lowest BCUT2D eigenvalue weighted by Crippen LogP contribution is -2.04. The highest BCUT2D eigenvalue weighted by atomic mass is 35.5. The maximum absolute atomic E-state index is 13.3. The van der Waals surface area contributed by atoms with E-state index < -0.39 is 11.6 Å². The Hall–Kier alpha value is -1.26. The van der Waals surface area contributed by atoms with Gasteiger partial charge in [-0.1, -0.05) is 11.6 Å². The molecule has 0 unspecified atom stereocenters. The fourth-order valence-electron chi connectivity index (χ4n) is 1.42. The molecule has 0 aliphatic heterocycles. The van der Waals surface area contributed by atoms with E-state index in [9.17, 15) is 13.6 Å². The molecule has 0 atom stereocenters. The van der Waals surface area contributed by atoms with E-state index in [0.29, 0.717) is 9.90 Å². The molecule has 0 saturated heterocycles. The van der Waals surface area contributed by atoms with Crippen molar-refractivity contribution in [2.45, 2.75) is 6.42 Å². The second-order valence-corrected chi connectivity index (χ2v) is 4.76. The van der Waals surface area contributed by atoms with Crippen LogP contribution in [-0.2, 0) is 6.42 Å². The van der Waals surface area contributed by atoms with Crippen molar-refractivity contribution in [1.82, 2.24) is 0 Å². The Balaban J connectivity index is 2.24. The van der Waals surface area contributed by atoms with Crippen LogP contribution in [0.1, 0.15) is 15.2 Å². The molecule has 0 aliphatic rings. The quantitative estimate of drug-likeness (QED) is 0.769. The van der Waals surface area contributed by atoms with Crippen molar-refractivity contribution in [2.75, 3.05) is 0 Å². The smallest absolute Gasteiger partial charge is 0.178 e. The average Bonchev–Trinajstić information content (AvgIpc) is 2.70. The van der Waals surface area contributed by atoms with Gasteiger partial charge in [-0.05, 0) is 35.2 Å². The van der Waals surface area contributed by atoms with Crippen molar-refractivity contribution in [3.63, 3.8) is 0 Å². The lowest BCUT2D eigenvalue weighted by Gasteiger charge is -2.02. The maximum atomic E-state index is 13.3. The average molecular weight is 273 g/mol. The summed E-state index contributed by atoms with van der Waals surface area (Å²) < 4.78 is 26.2. The van der Waals surface area contributed by atoms with Gasteiger partial charge in [0.1, 0.15) is 11.6 Å². The lowest BCUT2D eigenvalue weighted by atomic mass is 10.1. The van der Waals surface area contributed by atoms with Crippen LogP contribution in [0.25, 0.3) is 0 Å². The van der Waals surface area contributed by atoms with Crippen molar-refractivity contribution in [3.8, 4) is 0 Å². The highest BCUT2D eigenvalue weighted by molar-refractivity contribution is 7.12. The minimum atomic E-state index is -0.590. The summed E-state index contributed by atoms with van der Waals surface area (Å²) in [6.07, 6.45) is -0.191. The fraction of sp³-hybridized carbons (Fsp3) is 0.0833. The number of carbonyl (C=O) groups is 1. The van der Waals surface area contributed by atoms with E-state index in [-0.39, 0.29) is 17.8 Å². The molecule has 0 spiro atoms. The number of halogens is 3. The summed E-state index contributed by atoms with van der Waals surface area (Å²) in [4.78, 5) is 12.2. The van der Waals surface area contributed by atoms with Crippen molar-refractivity contribution in [2.24, 2.45) is 0 Å². The number of benzene rings is 1. The molecule has 88 valence electrons. The standard InChI is InChI=1S/C12H7ClF2OS/c13-9-3-4-17-12(9)11(16)6-7-5-8(14)1-2-10(7)15/h1-5H,6H2. The second-order valence-electron chi connectivity index (χ2n) is 3.43. The molecule has 2 aromatic rings. The van der Waals surface area contributed by atoms with Crippen molar-refractivity contribution >= 4 is 28.7 Å². The SMILES string of the molecule is O=C(Cc1cc(F)ccc1F)c1sccc1Cl. The molecule has 0 amide bonds. The second kappa shape index (κ2) is 4.94. The van der Waals surface area contributed by atoms with Crippen LogP contribution in [0, 0.1) is 11.6 Å². The van der Waals surface area contributed by atoms with Gasteiger partial charge in [0, 0.05) is 6.42 Å². The summed E-state index contributed by atoms with van der Waals surface area (Å²) in [5.74, 6) is -1.46. The Kier molecular flexibility index (Phi) is 3.54. The van der Waals surface area contributed by atoms with E-state index in [2.05, 4.69) is 0 Å². The van der Waals surface area contributed by atoms with Crippen LogP contribution < -0.4 is 0 Å². The van der Waals surface area contributed by atoms with Gasteiger partial charge >= 0.3 is 0 Å². The largest absolute Gasteiger partial charge is 0.293 e. The number of carbonyl (C=O) groups excluding carboxylic acids is 1. The van der Waals surface area contributed by atoms with Crippen LogP contribution in [0.2, 0.25) is 5.02 Å². The highest BCUT2D eigenvalue weighted by Crippen LogP contribution is 2.24. The summed E-state index contributed by atoms with van der Waals surface area (Å²) in [6.45, 7) is 0. The first-order chi connectivity index (χ1) is 8.08. The summed E-state index contributed by atoms with van der Waals surface area (Å²) in [6, 6.07) is 4.64. The van der Waals surface area contributed by atoms with Crippen LogP contribution in [0.15, 0.2) is 29.6 Å². The van der Waals surface area contributed by atoms with Crippen LogP contribution in [-0.4, -0.2) is 5.78 Å². The number of hydrogen-bond acceptors (Lipinski definition) is 2. The molecule has 0 N–H and O–H groups in total. The molecule has 0 aliphatic carbocycles. The summed E-state index contributed by atoms with van der Waals surface area (Å²) in [7, 11) is 0. The van der Waals surface area contributed by atoms with Crippen molar-refractivity contribution in [3.05, 3.63) is 56.7 Å². The Bertz CT molecular complexity index is 565. The predicted octanol–water partition coefficient (Wildman–Crippen LogP) is 4.11. The van der Waals surface area contributed by atoms with Gasteiger partial charge in [-0.15, -0.1) is 11.3 Å². The Morgan fingerprint density at radius 1 is 1.29 bits per heavy atom. The third-order valence-corrected chi connectivity index (χ3v) is 3.61. The van der Waals surface area contributed by atoms with Crippen LogP contribution in [0.3, 0.4) is 0 Å². The molecular weight excluding hydrogens is 266 g/mol. The third kappa shape index (κ3) is 2.70. The molecule has 1 aromatic heterocycles. The van der Waals surface area contributed by atoms with Gasteiger partial charge in [0.25, 0.3) is 0 Å². The minimum Gasteiger partial charge on any atom is -0.293 e. The predicted molar refractivity (Wildman–Crippen MR) is 63.7 cm³/mol. The fourth-order valence-corrected chi connectivity index (χ4v) is 2.53. The number of hydrogen-bond donors (Lipinski definition) is 0. The molecule has 0 bridgehead atoms. The van der Waals surface area contributed by atoms with Crippen LogP contribution in [0.4, 0.5) is 8.78 Å². The number of ketones is 1. The van der Waals surface area contributed by atoms with E-state index in [1.165, 1.54) is 11.3 Å². The zero-order valence-electron chi connectivity index (χ0n) is 8.54. The Morgan fingerprint density at radius 2 is 2.06 bits per heavy atom. The monoisotopic (exact) mass is 272 g/mol. The lowest BCUT2D eigenvalue weighted by molar-refractivity contribution is 0.0996. The molecule has 0 saturated carbocycles. The molecule has 0 fully saturated rings. The van der Waals surface area contributed by atoms with Gasteiger partial charge in [0.15, 0.2) is 5.78 Å².